The molecule has 1 atom stereocenters. The van der Waals surface area contributed by atoms with Gasteiger partial charge in [-0.05, 0) is 0 Å². The lowest BCUT2D eigenvalue weighted by atomic mass is 10.5. The van der Waals surface area contributed by atoms with Crippen LogP contribution >= 0.6 is 15.9 Å². The van der Waals surface area contributed by atoms with Gasteiger partial charge in [-0.1, -0.05) is 15.9 Å². The molecule has 2 nitrogen and oxygen atoms in total. The average Bonchev–Trinajstić information content (AvgIpc) is 1.86. The summed E-state index contributed by atoms with van der Waals surface area (Å²) in [6, 6.07) is 0. The Labute approximate surface area is 44.7 Å². The van der Waals surface area contributed by atoms with Crippen LogP contribution in [0.5, 0.6) is 0 Å². The lowest BCUT2D eigenvalue weighted by Gasteiger charge is -1.87. The second-order valence-electron chi connectivity index (χ2n) is 1.08. The fourth-order valence-electron chi connectivity index (χ4n) is 0.301. The van der Waals surface area contributed by atoms with Crippen molar-refractivity contribution in [2.24, 2.45) is 5.10 Å². The Morgan fingerprint density at radius 3 is 2.83 bits per heavy atom. The maximum Gasteiger partial charge on any atom is 0.131 e. The van der Waals surface area contributed by atoms with Gasteiger partial charge in [-0.15, -0.1) is 0 Å². The molecular formula is C3H4BrN2. The van der Waals surface area contributed by atoms with Gasteiger partial charge in [0.05, 0.1) is 0 Å². The summed E-state index contributed by atoms with van der Waals surface area (Å²) >= 11 is 3.25. The van der Waals surface area contributed by atoms with E-state index in [0.29, 0.717) is 0 Å². The third kappa shape index (κ3) is 0.712. The lowest BCUT2D eigenvalue weighted by Crippen LogP contribution is -2.00. The van der Waals surface area contributed by atoms with E-state index in [1.165, 1.54) is 0 Å². The molecule has 1 heterocycles. The quantitative estimate of drug-likeness (QED) is 0.357. The number of hydrogen-bond donors (Lipinski definition) is 0. The molecule has 0 spiro atoms. The molecule has 0 saturated heterocycles. The Balaban J connectivity index is 2.32. The largest absolute Gasteiger partial charge is 0.174 e. The molecule has 0 amide bonds. The molecule has 0 fully saturated rings. The van der Waals surface area contributed by atoms with E-state index in [1.807, 2.05) is 0 Å². The van der Waals surface area contributed by atoms with Gasteiger partial charge in [-0.25, -0.2) is 0 Å². The van der Waals surface area contributed by atoms with E-state index in [0.717, 1.165) is 6.42 Å². The zero-order chi connectivity index (χ0) is 4.41. The van der Waals surface area contributed by atoms with Gasteiger partial charge in [0, 0.05) is 12.6 Å². The number of alkyl halides is 1. The molecule has 1 aliphatic heterocycles. The van der Waals surface area contributed by atoms with E-state index in [2.05, 4.69) is 26.5 Å². The van der Waals surface area contributed by atoms with E-state index in [9.17, 15) is 0 Å². The third-order valence-corrected chi connectivity index (χ3v) is 1.13. The van der Waals surface area contributed by atoms with Gasteiger partial charge in [0.15, 0.2) is 0 Å². The summed E-state index contributed by atoms with van der Waals surface area (Å²) in [6.45, 7) is 0. The highest BCUT2D eigenvalue weighted by atomic mass is 79.9. The van der Waals surface area contributed by atoms with Crippen LogP contribution in [0.3, 0.4) is 0 Å². The van der Waals surface area contributed by atoms with Gasteiger partial charge in [0.25, 0.3) is 0 Å². The fourth-order valence-corrected chi connectivity index (χ4v) is 0.574. The summed E-state index contributed by atoms with van der Waals surface area (Å²) in [5.41, 5.74) is 3.72. The Kier molecular flexibility index (Phi) is 1.10. The van der Waals surface area contributed by atoms with E-state index in [1.54, 1.807) is 6.21 Å². The van der Waals surface area contributed by atoms with Gasteiger partial charge in [0.2, 0.25) is 0 Å². The highest BCUT2D eigenvalue weighted by Gasteiger charge is 2.04. The summed E-state index contributed by atoms with van der Waals surface area (Å²) < 4.78 is 0. The van der Waals surface area contributed by atoms with E-state index in [-0.39, 0.29) is 4.95 Å². The predicted molar refractivity (Wildman–Crippen MR) is 28.0 cm³/mol. The molecule has 3 heteroatoms. The average molecular weight is 148 g/mol. The van der Waals surface area contributed by atoms with Crippen molar-refractivity contribution in [3.05, 3.63) is 0 Å². The molecule has 1 aliphatic rings. The van der Waals surface area contributed by atoms with Crippen LogP contribution in [0.1, 0.15) is 6.42 Å². The molecule has 0 N–H and O–H groups in total. The number of rotatable bonds is 0. The van der Waals surface area contributed by atoms with Crippen molar-refractivity contribution in [3.63, 3.8) is 0 Å². The van der Waals surface area contributed by atoms with Crippen molar-refractivity contribution in [1.82, 2.24) is 5.43 Å². The van der Waals surface area contributed by atoms with Gasteiger partial charge < -0.3 is 0 Å². The van der Waals surface area contributed by atoms with Crippen LogP contribution in [0, 0.1) is 0 Å². The van der Waals surface area contributed by atoms with Crippen LogP contribution in [0.15, 0.2) is 5.10 Å². The molecule has 1 unspecified atom stereocenters. The first kappa shape index (κ1) is 4.12. The van der Waals surface area contributed by atoms with Crippen molar-refractivity contribution < 1.29 is 0 Å². The van der Waals surface area contributed by atoms with Crippen LogP contribution in [0.4, 0.5) is 0 Å². The first-order valence-electron chi connectivity index (χ1n) is 1.75. The standard InChI is InChI=1S/C3H4BrN2/c4-3-1-2-5-6-3/h2-3H,1H2. The predicted octanol–water partition coefficient (Wildman–Crippen LogP) is 0.701. The Hall–Kier alpha value is -0.0500. The minimum absolute atomic E-state index is 0.262. The fraction of sp³-hybridized carbons (Fsp3) is 0.667. The van der Waals surface area contributed by atoms with E-state index in [4.69, 9.17) is 0 Å². The number of halogens is 1. The summed E-state index contributed by atoms with van der Waals surface area (Å²) in [6.07, 6.45) is 2.74. The molecule has 0 bridgehead atoms. The second kappa shape index (κ2) is 1.60. The normalized spacial score (nSPS) is 30.5. The van der Waals surface area contributed by atoms with Crippen LogP contribution in [-0.4, -0.2) is 11.2 Å². The van der Waals surface area contributed by atoms with Crippen molar-refractivity contribution in [3.8, 4) is 0 Å². The van der Waals surface area contributed by atoms with Gasteiger partial charge in [-0.2, -0.15) is 10.5 Å². The zero-order valence-electron chi connectivity index (χ0n) is 3.13. The molecule has 1 radical (unpaired) electrons. The molecule has 0 aromatic rings. The first-order chi connectivity index (χ1) is 2.89. The van der Waals surface area contributed by atoms with Crippen LogP contribution in [-0.2, 0) is 0 Å². The topological polar surface area (TPSA) is 26.5 Å². The van der Waals surface area contributed by atoms with E-state index >= 15 is 0 Å². The summed E-state index contributed by atoms with van der Waals surface area (Å²) in [5.74, 6) is 0. The van der Waals surface area contributed by atoms with Crippen molar-refractivity contribution in [1.29, 1.82) is 0 Å². The maximum absolute atomic E-state index is 3.72. The molecule has 6 heavy (non-hydrogen) atoms. The van der Waals surface area contributed by atoms with Crippen LogP contribution in [0.2, 0.25) is 0 Å². The molecule has 0 saturated carbocycles. The molecule has 0 aromatic heterocycles. The highest BCUT2D eigenvalue weighted by molar-refractivity contribution is 9.09. The van der Waals surface area contributed by atoms with Crippen LogP contribution < -0.4 is 5.43 Å². The Morgan fingerprint density at radius 1 is 1.83 bits per heavy atom. The second-order valence-corrected chi connectivity index (χ2v) is 2.14. The van der Waals surface area contributed by atoms with Crippen molar-refractivity contribution in [2.45, 2.75) is 11.4 Å². The molecule has 1 rings (SSSR count). The minimum atomic E-state index is 0.262. The first-order valence-corrected chi connectivity index (χ1v) is 2.67. The Bertz CT molecular complexity index is 63.2. The maximum atomic E-state index is 3.72. The molecule has 0 aliphatic carbocycles. The van der Waals surface area contributed by atoms with Crippen molar-refractivity contribution in [2.75, 3.05) is 0 Å². The van der Waals surface area contributed by atoms with Gasteiger partial charge >= 0.3 is 0 Å². The minimum Gasteiger partial charge on any atom is -0.174 e. The SMILES string of the molecule is BrC1CC=N[N]1. The highest BCUT2D eigenvalue weighted by Crippen LogP contribution is 2.04. The third-order valence-electron chi connectivity index (χ3n) is 0.574. The zero-order valence-corrected chi connectivity index (χ0v) is 4.72. The molecular weight excluding hydrogens is 144 g/mol. The lowest BCUT2D eigenvalue weighted by molar-refractivity contribution is 0.756. The Morgan fingerprint density at radius 2 is 2.67 bits per heavy atom. The van der Waals surface area contributed by atoms with Crippen LogP contribution in [0.25, 0.3) is 0 Å². The number of hydrogen-bond acceptors (Lipinski definition) is 1. The van der Waals surface area contributed by atoms with Crippen molar-refractivity contribution >= 4 is 22.1 Å². The monoisotopic (exact) mass is 147 g/mol. The molecule has 33 valence electrons. The smallest absolute Gasteiger partial charge is 0.131 e. The van der Waals surface area contributed by atoms with Gasteiger partial charge in [0.1, 0.15) is 4.95 Å². The van der Waals surface area contributed by atoms with E-state index < -0.39 is 0 Å². The summed E-state index contributed by atoms with van der Waals surface area (Å²) in [7, 11) is 0. The van der Waals surface area contributed by atoms with Gasteiger partial charge in [-0.3, -0.25) is 0 Å². The summed E-state index contributed by atoms with van der Waals surface area (Å²) in [5, 5.41) is 3.62. The molecule has 0 aromatic carbocycles. The summed E-state index contributed by atoms with van der Waals surface area (Å²) in [4.78, 5) is 0.262. The number of nitrogens with zero attached hydrogens (tertiary/aromatic N) is 2.